The maximum atomic E-state index is 9.32. The van der Waals surface area contributed by atoms with Crippen molar-refractivity contribution < 1.29 is 11.0 Å². The smallest absolute Gasteiger partial charge is 0.0645 e. The molecule has 1 aromatic heterocycles. The highest BCUT2D eigenvalue weighted by Crippen LogP contribution is 2.38. The molecule has 2 heteroatoms. The molecule has 9 aromatic carbocycles. The van der Waals surface area contributed by atoms with Gasteiger partial charge in [-0.05, 0) is 105 Å². The summed E-state index contributed by atoms with van der Waals surface area (Å²) >= 11 is 0. The van der Waals surface area contributed by atoms with Gasteiger partial charge in [-0.25, -0.2) is 0 Å². The van der Waals surface area contributed by atoms with Crippen molar-refractivity contribution in [2.24, 2.45) is 0 Å². The minimum Gasteiger partial charge on any atom is -0.311 e. The van der Waals surface area contributed by atoms with Crippen molar-refractivity contribution in [1.29, 1.82) is 0 Å². The van der Waals surface area contributed by atoms with Gasteiger partial charge in [0, 0.05) is 33.5 Å². The summed E-state index contributed by atoms with van der Waals surface area (Å²) in [4.78, 5) is 1.34. The molecule has 0 bridgehead atoms. The third kappa shape index (κ3) is 6.24. The van der Waals surface area contributed by atoms with Crippen LogP contribution in [0.1, 0.15) is 11.0 Å². The fourth-order valence-corrected chi connectivity index (χ4v) is 7.39. The summed E-state index contributed by atoms with van der Waals surface area (Å²) in [5, 5.41) is 2.41. The molecule has 1 heterocycles. The van der Waals surface area contributed by atoms with Crippen molar-refractivity contribution in [2.75, 3.05) is 4.90 Å². The Hall–Kier alpha value is -7.42. The number of fused-ring (bicyclic) bond motifs is 3. The molecule has 0 N–H and O–H groups in total. The molecule has 0 amide bonds. The van der Waals surface area contributed by atoms with E-state index in [1.165, 1.54) is 15.7 Å². The van der Waals surface area contributed by atoms with Crippen LogP contribution in [-0.4, -0.2) is 4.57 Å². The Balaban J connectivity index is 1.05. The summed E-state index contributed by atoms with van der Waals surface area (Å²) in [6.45, 7) is 0. The highest BCUT2D eigenvalue weighted by Gasteiger charge is 2.15. The summed E-state index contributed by atoms with van der Waals surface area (Å²) in [5.74, 6) is 0. The number of hydrogen-bond donors (Lipinski definition) is 0. The van der Waals surface area contributed by atoms with Crippen molar-refractivity contribution in [3.63, 3.8) is 0 Å². The first-order valence-electron chi connectivity index (χ1n) is 22.5. The maximum Gasteiger partial charge on any atom is 0.0645 e. The summed E-state index contributed by atoms with van der Waals surface area (Å²) in [5.41, 5.74) is 8.45. The molecular formula is C54H38N2. The normalized spacial score (nSPS) is 13.2. The fraction of sp³-hybridized carbons (Fsp3) is 0. The molecule has 0 aliphatic heterocycles. The minimum atomic E-state index is -0.384. The highest BCUT2D eigenvalue weighted by molar-refractivity contribution is 6.09. The molecule has 56 heavy (non-hydrogen) atoms. The van der Waals surface area contributed by atoms with Crippen LogP contribution in [0.5, 0.6) is 0 Å². The fourth-order valence-electron chi connectivity index (χ4n) is 7.39. The van der Waals surface area contributed by atoms with Gasteiger partial charge in [0.2, 0.25) is 0 Å². The van der Waals surface area contributed by atoms with Crippen LogP contribution < -0.4 is 4.90 Å². The average Bonchev–Trinajstić information content (AvgIpc) is 3.68. The van der Waals surface area contributed by atoms with Gasteiger partial charge in [0.05, 0.1) is 22.0 Å². The number of benzene rings is 9. The van der Waals surface area contributed by atoms with Gasteiger partial charge in [-0.2, -0.15) is 0 Å². The van der Waals surface area contributed by atoms with Gasteiger partial charge < -0.3 is 9.47 Å². The monoisotopic (exact) mass is 722 g/mol. The van der Waals surface area contributed by atoms with Crippen molar-refractivity contribution in [1.82, 2.24) is 4.57 Å². The lowest BCUT2D eigenvalue weighted by Crippen LogP contribution is -2.09. The second kappa shape index (κ2) is 14.4. The molecule has 0 aliphatic rings. The number of anilines is 3. The first-order chi connectivity index (χ1) is 31.1. The van der Waals surface area contributed by atoms with Crippen LogP contribution in [0.3, 0.4) is 0 Å². The number of hydrogen-bond acceptors (Lipinski definition) is 1. The molecule has 0 spiro atoms. The lowest BCUT2D eigenvalue weighted by Gasteiger charge is -2.26. The molecule has 0 fully saturated rings. The van der Waals surface area contributed by atoms with Gasteiger partial charge in [0.15, 0.2) is 0 Å². The Labute approximate surface area is 339 Å². The van der Waals surface area contributed by atoms with Gasteiger partial charge >= 0.3 is 0 Å². The molecule has 0 radical (unpaired) electrons. The zero-order valence-electron chi connectivity index (χ0n) is 38.2. The number of aromatic nitrogens is 1. The van der Waals surface area contributed by atoms with E-state index < -0.39 is 0 Å². The Bertz CT molecular complexity index is 3190. The molecular weight excluding hydrogens is 677 g/mol. The van der Waals surface area contributed by atoms with E-state index in [0.717, 1.165) is 39.0 Å². The first kappa shape index (κ1) is 25.6. The van der Waals surface area contributed by atoms with E-state index in [-0.39, 0.29) is 70.8 Å². The highest BCUT2D eigenvalue weighted by atomic mass is 15.1. The summed E-state index contributed by atoms with van der Waals surface area (Å²) < 4.78 is 76.1. The van der Waals surface area contributed by atoms with E-state index in [2.05, 4.69) is 89.5 Å². The molecule has 0 atom stereocenters. The second-order valence-corrected chi connectivity index (χ2v) is 13.6. The topological polar surface area (TPSA) is 8.17 Å². The van der Waals surface area contributed by atoms with Crippen LogP contribution in [-0.2, 0) is 0 Å². The van der Waals surface area contributed by atoms with Gasteiger partial charge in [-0.1, -0.05) is 170 Å². The molecule has 10 aromatic rings. The van der Waals surface area contributed by atoms with Crippen LogP contribution in [0.2, 0.25) is 0 Å². The Morgan fingerprint density at radius 2 is 0.696 bits per heavy atom. The summed E-state index contributed by atoms with van der Waals surface area (Å²) in [6.07, 6.45) is 0. The van der Waals surface area contributed by atoms with Crippen LogP contribution >= 0.6 is 0 Å². The SMILES string of the molecule is [2H]c1c([2H])c(N(c2ccc(-c3ccc(-c4cccc(-n5c6ccccc6c6ccccc65)c4)cc3)cc2)c2c([2H])c([2H])c(-c3ccccc3)c([2H])c2[2H])c([2H])c([2H])c1-c1ccccc1. The molecule has 10 rings (SSSR count). The summed E-state index contributed by atoms with van der Waals surface area (Å²) in [7, 11) is 0. The number of para-hydroxylation sites is 2. The zero-order chi connectivity index (χ0) is 44.2. The van der Waals surface area contributed by atoms with Crippen LogP contribution in [0, 0.1) is 0 Å². The predicted octanol–water partition coefficient (Wildman–Crippen LogP) is 14.9. The molecule has 0 aliphatic carbocycles. The third-order valence-electron chi connectivity index (χ3n) is 10.2. The van der Waals surface area contributed by atoms with E-state index in [0.29, 0.717) is 16.8 Å². The Morgan fingerprint density at radius 1 is 0.304 bits per heavy atom. The van der Waals surface area contributed by atoms with Gasteiger partial charge in [-0.3, -0.25) is 0 Å². The lowest BCUT2D eigenvalue weighted by molar-refractivity contribution is 1.18. The van der Waals surface area contributed by atoms with Crippen molar-refractivity contribution in [3.8, 4) is 50.2 Å². The predicted molar refractivity (Wildman–Crippen MR) is 237 cm³/mol. The third-order valence-corrected chi connectivity index (χ3v) is 10.2. The molecule has 0 saturated carbocycles. The molecule has 0 saturated heterocycles. The van der Waals surface area contributed by atoms with E-state index >= 15 is 0 Å². The van der Waals surface area contributed by atoms with Crippen LogP contribution in [0.25, 0.3) is 72.0 Å². The van der Waals surface area contributed by atoms with Crippen molar-refractivity contribution >= 4 is 38.9 Å². The average molecular weight is 723 g/mol. The second-order valence-electron chi connectivity index (χ2n) is 13.6. The van der Waals surface area contributed by atoms with E-state index in [4.69, 9.17) is 5.48 Å². The largest absolute Gasteiger partial charge is 0.311 e. The Morgan fingerprint density at radius 3 is 1.20 bits per heavy atom. The Kier molecular flexibility index (Phi) is 6.59. The van der Waals surface area contributed by atoms with Gasteiger partial charge in [0.25, 0.3) is 0 Å². The minimum absolute atomic E-state index is 0.121. The van der Waals surface area contributed by atoms with E-state index in [1.54, 1.807) is 60.7 Å². The van der Waals surface area contributed by atoms with Gasteiger partial charge in [-0.15, -0.1) is 0 Å². The standard InChI is InChI=1S/C54H38N2/c1-3-12-39(13-4-1)42-26-32-47(33-27-42)55(48-34-28-43(29-35-48)40-14-5-2-6-15-40)49-36-30-44(31-37-49)41-22-24-45(25-23-41)46-16-11-17-50(38-46)56-53-20-9-7-18-51(53)52-19-8-10-21-54(52)56/h1-38H/i26D,27D,28D,29D,32D,33D,34D,35D. The molecule has 0 unspecified atom stereocenters. The van der Waals surface area contributed by atoms with Crippen LogP contribution in [0.4, 0.5) is 17.1 Å². The van der Waals surface area contributed by atoms with Crippen molar-refractivity contribution in [2.45, 2.75) is 0 Å². The quantitative estimate of drug-likeness (QED) is 0.152. The maximum absolute atomic E-state index is 9.32. The zero-order valence-corrected chi connectivity index (χ0v) is 30.2. The molecule has 2 nitrogen and oxygen atoms in total. The number of rotatable bonds is 8. The van der Waals surface area contributed by atoms with E-state index in [1.807, 2.05) is 36.4 Å². The number of nitrogens with zero attached hydrogens (tertiary/aromatic N) is 2. The first-order valence-corrected chi connectivity index (χ1v) is 18.5. The van der Waals surface area contributed by atoms with E-state index in [9.17, 15) is 5.48 Å². The van der Waals surface area contributed by atoms with Crippen molar-refractivity contribution in [3.05, 3.63) is 230 Å². The van der Waals surface area contributed by atoms with Gasteiger partial charge in [0.1, 0.15) is 0 Å². The molecule has 264 valence electrons. The lowest BCUT2D eigenvalue weighted by atomic mass is 9.99. The van der Waals surface area contributed by atoms with Crippen LogP contribution in [0.15, 0.2) is 230 Å². The summed E-state index contributed by atoms with van der Waals surface area (Å²) in [6, 6.07) is 55.8.